The van der Waals surface area contributed by atoms with Crippen molar-refractivity contribution in [2.45, 2.75) is 10.9 Å². The molecule has 1 aromatic carbocycles. The van der Waals surface area contributed by atoms with E-state index in [-0.39, 0.29) is 23.1 Å². The van der Waals surface area contributed by atoms with Gasteiger partial charge in [-0.2, -0.15) is 0 Å². The third-order valence-electron chi connectivity index (χ3n) is 2.91. The molecule has 2 N–H and O–H groups in total. The van der Waals surface area contributed by atoms with Gasteiger partial charge in [-0.15, -0.1) is 0 Å². The highest BCUT2D eigenvalue weighted by molar-refractivity contribution is 7.89. The lowest BCUT2D eigenvalue weighted by Crippen LogP contribution is -2.42. The largest absolute Gasteiger partial charge is 0.481 e. The molecule has 0 aromatic heterocycles. The normalized spacial score (nSPS) is 22.9. The molecule has 0 saturated carbocycles. The Bertz CT molecular complexity index is 636. The number of ether oxygens (including phenoxy) is 1. The van der Waals surface area contributed by atoms with Gasteiger partial charge in [0.25, 0.3) is 0 Å². The van der Waals surface area contributed by atoms with Crippen LogP contribution in [0.5, 0.6) is 0 Å². The number of aliphatic carboxylic acids is 1. The Morgan fingerprint density at radius 2 is 2.15 bits per heavy atom. The molecule has 1 aromatic rings. The van der Waals surface area contributed by atoms with Crippen LogP contribution < -0.4 is 4.72 Å². The molecule has 0 radical (unpaired) electrons. The SMILES string of the molecule is O=C(O)C1COCC1NS(=O)(=O)c1ccc(F)c(Cl)c1. The van der Waals surface area contributed by atoms with Crippen LogP contribution in [0.15, 0.2) is 23.1 Å². The van der Waals surface area contributed by atoms with Crippen molar-refractivity contribution in [2.24, 2.45) is 5.92 Å². The Labute approximate surface area is 119 Å². The first-order chi connectivity index (χ1) is 9.31. The number of rotatable bonds is 4. The van der Waals surface area contributed by atoms with E-state index in [1.54, 1.807) is 0 Å². The Hall–Kier alpha value is -1.22. The van der Waals surface area contributed by atoms with Gasteiger partial charge in [-0.1, -0.05) is 11.6 Å². The lowest BCUT2D eigenvalue weighted by atomic mass is 10.1. The molecule has 1 saturated heterocycles. The highest BCUT2D eigenvalue weighted by atomic mass is 35.5. The maximum atomic E-state index is 13.0. The van der Waals surface area contributed by atoms with Crippen molar-refractivity contribution in [3.05, 3.63) is 29.0 Å². The molecule has 0 bridgehead atoms. The number of carboxylic acids is 1. The maximum absolute atomic E-state index is 13.0. The van der Waals surface area contributed by atoms with Crippen LogP contribution in [-0.4, -0.2) is 38.7 Å². The van der Waals surface area contributed by atoms with Crippen molar-refractivity contribution in [3.8, 4) is 0 Å². The van der Waals surface area contributed by atoms with Crippen molar-refractivity contribution < 1.29 is 27.4 Å². The zero-order chi connectivity index (χ0) is 14.9. The summed E-state index contributed by atoms with van der Waals surface area (Å²) in [6.07, 6.45) is 0. The molecule has 1 aliphatic rings. The van der Waals surface area contributed by atoms with Crippen molar-refractivity contribution in [2.75, 3.05) is 13.2 Å². The predicted molar refractivity (Wildman–Crippen MR) is 67.5 cm³/mol. The molecule has 0 spiro atoms. The highest BCUT2D eigenvalue weighted by Crippen LogP contribution is 2.21. The molecule has 6 nitrogen and oxygen atoms in total. The van der Waals surface area contributed by atoms with E-state index in [1.807, 2.05) is 0 Å². The lowest BCUT2D eigenvalue weighted by molar-refractivity contribution is -0.142. The number of hydrogen-bond acceptors (Lipinski definition) is 4. The van der Waals surface area contributed by atoms with Gasteiger partial charge >= 0.3 is 5.97 Å². The number of carboxylic acid groups (broad SMARTS) is 1. The first-order valence-corrected chi connectivity index (χ1v) is 7.45. The van der Waals surface area contributed by atoms with Gasteiger partial charge in [0.2, 0.25) is 10.0 Å². The molecule has 2 unspecified atom stereocenters. The standard InChI is InChI=1S/C11H11ClFNO5S/c12-8-3-6(1-2-9(8)13)20(17,18)14-10-5-19-4-7(10)11(15)16/h1-3,7,10,14H,4-5H2,(H,15,16). The lowest BCUT2D eigenvalue weighted by Gasteiger charge is -2.16. The molecule has 0 aliphatic carbocycles. The van der Waals surface area contributed by atoms with Crippen LogP contribution in [0, 0.1) is 11.7 Å². The summed E-state index contributed by atoms with van der Waals surface area (Å²) in [7, 11) is -3.99. The maximum Gasteiger partial charge on any atom is 0.310 e. The Morgan fingerprint density at radius 1 is 1.45 bits per heavy atom. The summed E-state index contributed by atoms with van der Waals surface area (Å²) in [4.78, 5) is 10.7. The Balaban J connectivity index is 2.22. The van der Waals surface area contributed by atoms with E-state index in [0.717, 1.165) is 18.2 Å². The van der Waals surface area contributed by atoms with E-state index in [0.29, 0.717) is 0 Å². The van der Waals surface area contributed by atoms with Crippen LogP contribution in [0.1, 0.15) is 0 Å². The second-order valence-electron chi connectivity index (χ2n) is 4.29. The summed E-state index contributed by atoms with van der Waals surface area (Å²) in [5, 5.41) is 8.62. The topological polar surface area (TPSA) is 92.7 Å². The highest BCUT2D eigenvalue weighted by Gasteiger charge is 2.37. The van der Waals surface area contributed by atoms with Gasteiger partial charge in [0, 0.05) is 0 Å². The van der Waals surface area contributed by atoms with E-state index in [9.17, 15) is 17.6 Å². The molecule has 20 heavy (non-hydrogen) atoms. The van der Waals surface area contributed by atoms with Gasteiger partial charge in [-0.3, -0.25) is 4.79 Å². The van der Waals surface area contributed by atoms with Gasteiger partial charge in [0.15, 0.2) is 0 Å². The summed E-state index contributed by atoms with van der Waals surface area (Å²) >= 11 is 5.53. The number of sulfonamides is 1. The van der Waals surface area contributed by atoms with E-state index in [4.69, 9.17) is 21.4 Å². The van der Waals surface area contributed by atoms with Gasteiger partial charge in [-0.05, 0) is 18.2 Å². The van der Waals surface area contributed by atoms with Crippen LogP contribution in [0.4, 0.5) is 4.39 Å². The summed E-state index contributed by atoms with van der Waals surface area (Å²) < 4.78 is 44.4. The van der Waals surface area contributed by atoms with Gasteiger partial charge < -0.3 is 9.84 Å². The molecule has 2 atom stereocenters. The second-order valence-corrected chi connectivity index (χ2v) is 6.41. The minimum atomic E-state index is -3.99. The fourth-order valence-electron chi connectivity index (χ4n) is 1.83. The quantitative estimate of drug-likeness (QED) is 0.857. The van der Waals surface area contributed by atoms with E-state index in [1.165, 1.54) is 0 Å². The number of nitrogens with one attached hydrogen (secondary N) is 1. The predicted octanol–water partition coefficient (Wildman–Crippen LogP) is 0.857. The first-order valence-electron chi connectivity index (χ1n) is 5.59. The van der Waals surface area contributed by atoms with Gasteiger partial charge in [0.1, 0.15) is 5.82 Å². The van der Waals surface area contributed by atoms with Crippen LogP contribution in [0.2, 0.25) is 5.02 Å². The molecule has 9 heteroatoms. The van der Waals surface area contributed by atoms with Crippen LogP contribution in [-0.2, 0) is 19.6 Å². The summed E-state index contributed by atoms with van der Waals surface area (Å²) in [5.41, 5.74) is 0. The summed E-state index contributed by atoms with van der Waals surface area (Å²) in [6.45, 7) is -0.0994. The molecule has 1 fully saturated rings. The zero-order valence-corrected chi connectivity index (χ0v) is 11.6. The summed E-state index contributed by atoms with van der Waals surface area (Å²) in [5.74, 6) is -2.84. The molecule has 1 aliphatic heterocycles. The van der Waals surface area contributed by atoms with Crippen molar-refractivity contribution in [3.63, 3.8) is 0 Å². The van der Waals surface area contributed by atoms with Gasteiger partial charge in [-0.25, -0.2) is 17.5 Å². The second kappa shape index (κ2) is 5.65. The third kappa shape index (κ3) is 3.09. The van der Waals surface area contributed by atoms with Crippen molar-refractivity contribution >= 4 is 27.6 Å². The molecule has 110 valence electrons. The van der Waals surface area contributed by atoms with Gasteiger partial charge in [0.05, 0.1) is 35.1 Å². The fraction of sp³-hybridized carbons (Fsp3) is 0.364. The number of carbonyl (C=O) groups is 1. The minimum Gasteiger partial charge on any atom is -0.481 e. The van der Waals surface area contributed by atoms with Crippen LogP contribution >= 0.6 is 11.6 Å². The first kappa shape index (κ1) is 15.2. The van der Waals surface area contributed by atoms with Crippen LogP contribution in [0.3, 0.4) is 0 Å². The molecule has 1 heterocycles. The Morgan fingerprint density at radius 3 is 2.75 bits per heavy atom. The van der Waals surface area contributed by atoms with E-state index >= 15 is 0 Å². The smallest absolute Gasteiger partial charge is 0.310 e. The van der Waals surface area contributed by atoms with E-state index < -0.39 is 33.8 Å². The average molecular weight is 324 g/mol. The molecule has 2 rings (SSSR count). The molecular formula is C11H11ClFNO5S. The monoisotopic (exact) mass is 323 g/mol. The number of benzene rings is 1. The third-order valence-corrected chi connectivity index (χ3v) is 4.68. The van der Waals surface area contributed by atoms with Crippen molar-refractivity contribution in [1.82, 2.24) is 4.72 Å². The zero-order valence-electron chi connectivity index (χ0n) is 10.0. The summed E-state index contributed by atoms with van der Waals surface area (Å²) in [6, 6.07) is 2.07. The molecule has 0 amide bonds. The number of halogens is 2. The Kier molecular flexibility index (Phi) is 4.28. The van der Waals surface area contributed by atoms with Crippen molar-refractivity contribution in [1.29, 1.82) is 0 Å². The van der Waals surface area contributed by atoms with E-state index in [2.05, 4.69) is 4.72 Å². The average Bonchev–Trinajstić information content (AvgIpc) is 2.80. The minimum absolute atomic E-state index is 0.0366. The fourth-order valence-corrected chi connectivity index (χ4v) is 3.36. The van der Waals surface area contributed by atoms with Crippen LogP contribution in [0.25, 0.3) is 0 Å². The number of hydrogen-bond donors (Lipinski definition) is 2. The molecular weight excluding hydrogens is 313 g/mol.